The third-order valence-corrected chi connectivity index (χ3v) is 3.78. The lowest BCUT2D eigenvalue weighted by Gasteiger charge is -2.31. The van der Waals surface area contributed by atoms with Crippen LogP contribution in [-0.2, 0) is 0 Å². The number of aromatic nitrogens is 1. The Morgan fingerprint density at radius 2 is 2.18 bits per heavy atom. The van der Waals surface area contributed by atoms with Crippen molar-refractivity contribution in [3.05, 3.63) is 30.1 Å². The van der Waals surface area contributed by atoms with E-state index in [-0.39, 0.29) is 0 Å². The van der Waals surface area contributed by atoms with Gasteiger partial charge in [-0.1, -0.05) is 6.07 Å². The molecule has 1 aliphatic rings. The molecule has 0 radical (unpaired) electrons. The Labute approximate surface area is 104 Å². The monoisotopic (exact) mass is 233 g/mol. The minimum Gasteiger partial charge on any atom is -0.317 e. The summed E-state index contributed by atoms with van der Waals surface area (Å²) < 4.78 is 0. The van der Waals surface area contributed by atoms with E-state index in [2.05, 4.69) is 41.3 Å². The van der Waals surface area contributed by atoms with Crippen LogP contribution in [0.15, 0.2) is 24.4 Å². The predicted molar refractivity (Wildman–Crippen MR) is 70.9 cm³/mol. The molecule has 0 amide bonds. The third kappa shape index (κ3) is 3.51. The lowest BCUT2D eigenvalue weighted by molar-refractivity contribution is 0.194. The first kappa shape index (κ1) is 12.5. The maximum atomic E-state index is 4.44. The first-order valence-corrected chi connectivity index (χ1v) is 6.59. The lowest BCUT2D eigenvalue weighted by atomic mass is 9.97. The highest BCUT2D eigenvalue weighted by molar-refractivity contribution is 5.07. The normalized spacial score (nSPS) is 19.5. The third-order valence-electron chi connectivity index (χ3n) is 3.78. The van der Waals surface area contributed by atoms with Crippen LogP contribution >= 0.6 is 0 Å². The van der Waals surface area contributed by atoms with Crippen LogP contribution in [0.4, 0.5) is 0 Å². The SMILES string of the molecule is C[C@H](c1ccccn1)N(C)CC1CCNCC1. The molecule has 0 unspecified atom stereocenters. The molecular weight excluding hydrogens is 210 g/mol. The van der Waals surface area contributed by atoms with E-state index < -0.39 is 0 Å². The van der Waals surface area contributed by atoms with Gasteiger partial charge in [0.1, 0.15) is 0 Å². The van der Waals surface area contributed by atoms with Crippen molar-refractivity contribution >= 4 is 0 Å². The second kappa shape index (κ2) is 6.12. The molecular formula is C14H23N3. The minimum absolute atomic E-state index is 0.408. The Balaban J connectivity index is 1.88. The van der Waals surface area contributed by atoms with Crippen molar-refractivity contribution in [3.63, 3.8) is 0 Å². The Morgan fingerprint density at radius 1 is 1.41 bits per heavy atom. The summed E-state index contributed by atoms with van der Waals surface area (Å²) in [6, 6.07) is 6.56. The highest BCUT2D eigenvalue weighted by Gasteiger charge is 2.19. The van der Waals surface area contributed by atoms with Gasteiger partial charge in [-0.15, -0.1) is 0 Å². The molecule has 0 aromatic carbocycles. The smallest absolute Gasteiger partial charge is 0.0572 e. The molecule has 17 heavy (non-hydrogen) atoms. The second-order valence-electron chi connectivity index (χ2n) is 5.06. The van der Waals surface area contributed by atoms with Crippen LogP contribution in [-0.4, -0.2) is 36.6 Å². The topological polar surface area (TPSA) is 28.2 Å². The van der Waals surface area contributed by atoms with Crippen LogP contribution in [0, 0.1) is 5.92 Å². The fourth-order valence-corrected chi connectivity index (χ4v) is 2.48. The average molecular weight is 233 g/mol. The van der Waals surface area contributed by atoms with E-state index in [4.69, 9.17) is 0 Å². The van der Waals surface area contributed by atoms with Crippen LogP contribution in [0.2, 0.25) is 0 Å². The van der Waals surface area contributed by atoms with Crippen molar-refractivity contribution < 1.29 is 0 Å². The number of piperidine rings is 1. The van der Waals surface area contributed by atoms with Crippen LogP contribution in [0.1, 0.15) is 31.5 Å². The molecule has 0 bridgehead atoms. The van der Waals surface area contributed by atoms with Crippen LogP contribution in [0.5, 0.6) is 0 Å². The van der Waals surface area contributed by atoms with E-state index in [1.54, 1.807) is 0 Å². The van der Waals surface area contributed by atoms with Crippen LogP contribution in [0.25, 0.3) is 0 Å². The number of nitrogens with one attached hydrogen (secondary N) is 1. The molecule has 3 nitrogen and oxygen atoms in total. The summed E-state index contributed by atoms with van der Waals surface area (Å²) in [5.41, 5.74) is 1.17. The highest BCUT2D eigenvalue weighted by atomic mass is 15.1. The lowest BCUT2D eigenvalue weighted by Crippen LogP contribution is -2.35. The Hall–Kier alpha value is -0.930. The molecule has 0 saturated carbocycles. The zero-order valence-electron chi connectivity index (χ0n) is 10.9. The summed E-state index contributed by atoms with van der Waals surface area (Å²) >= 11 is 0. The fraction of sp³-hybridized carbons (Fsp3) is 0.643. The summed E-state index contributed by atoms with van der Waals surface area (Å²) in [5.74, 6) is 0.840. The maximum Gasteiger partial charge on any atom is 0.0572 e. The second-order valence-corrected chi connectivity index (χ2v) is 5.06. The quantitative estimate of drug-likeness (QED) is 0.863. The van der Waals surface area contributed by atoms with Gasteiger partial charge in [-0.2, -0.15) is 0 Å². The van der Waals surface area contributed by atoms with Crippen molar-refractivity contribution in [2.24, 2.45) is 5.92 Å². The molecule has 2 heterocycles. The van der Waals surface area contributed by atoms with Crippen molar-refractivity contribution in [2.45, 2.75) is 25.8 Å². The van der Waals surface area contributed by atoms with Crippen molar-refractivity contribution in [1.29, 1.82) is 0 Å². The molecule has 3 heteroatoms. The Morgan fingerprint density at radius 3 is 2.82 bits per heavy atom. The van der Waals surface area contributed by atoms with Crippen molar-refractivity contribution in [3.8, 4) is 0 Å². The standard InChI is InChI=1S/C14H23N3/c1-12(14-5-3-4-8-16-14)17(2)11-13-6-9-15-10-7-13/h3-5,8,12-13,15H,6-7,9-11H2,1-2H3/t12-/m1/s1. The molecule has 0 aliphatic carbocycles. The zero-order chi connectivity index (χ0) is 12.1. The van der Waals surface area contributed by atoms with Crippen LogP contribution in [0.3, 0.4) is 0 Å². The molecule has 1 atom stereocenters. The van der Waals surface area contributed by atoms with Gasteiger partial charge < -0.3 is 5.32 Å². The summed E-state index contributed by atoms with van der Waals surface area (Å²) in [6.45, 7) is 5.77. The van der Waals surface area contributed by atoms with Crippen LogP contribution < -0.4 is 5.32 Å². The first-order chi connectivity index (χ1) is 8.27. The van der Waals surface area contributed by atoms with E-state index in [1.165, 1.54) is 38.2 Å². The van der Waals surface area contributed by atoms with Gasteiger partial charge in [0, 0.05) is 18.8 Å². The molecule has 1 fully saturated rings. The van der Waals surface area contributed by atoms with E-state index in [9.17, 15) is 0 Å². The van der Waals surface area contributed by atoms with E-state index in [1.807, 2.05) is 12.3 Å². The van der Waals surface area contributed by atoms with Gasteiger partial charge in [-0.05, 0) is 58.0 Å². The van der Waals surface area contributed by atoms with Crippen molar-refractivity contribution in [1.82, 2.24) is 15.2 Å². The molecule has 94 valence electrons. The highest BCUT2D eigenvalue weighted by Crippen LogP contribution is 2.20. The average Bonchev–Trinajstić information content (AvgIpc) is 2.40. The number of hydrogen-bond donors (Lipinski definition) is 1. The van der Waals surface area contributed by atoms with Gasteiger partial charge in [-0.3, -0.25) is 9.88 Å². The summed E-state index contributed by atoms with van der Waals surface area (Å²) in [6.07, 6.45) is 4.49. The number of nitrogens with zero attached hydrogens (tertiary/aromatic N) is 2. The summed E-state index contributed by atoms with van der Waals surface area (Å²) in [5, 5.41) is 3.42. The van der Waals surface area contributed by atoms with Gasteiger partial charge >= 0.3 is 0 Å². The first-order valence-electron chi connectivity index (χ1n) is 6.59. The van der Waals surface area contributed by atoms with Gasteiger partial charge in [0.05, 0.1) is 5.69 Å². The largest absolute Gasteiger partial charge is 0.317 e. The minimum atomic E-state index is 0.408. The maximum absolute atomic E-state index is 4.44. The molecule has 2 rings (SSSR count). The molecule has 1 N–H and O–H groups in total. The van der Waals surface area contributed by atoms with E-state index in [0.29, 0.717) is 6.04 Å². The molecule has 0 spiro atoms. The molecule has 1 aromatic heterocycles. The Bertz CT molecular complexity index is 319. The summed E-state index contributed by atoms with van der Waals surface area (Å²) in [4.78, 5) is 6.87. The summed E-state index contributed by atoms with van der Waals surface area (Å²) in [7, 11) is 2.21. The predicted octanol–water partition coefficient (Wildman–Crippen LogP) is 2.07. The van der Waals surface area contributed by atoms with Gasteiger partial charge in [0.25, 0.3) is 0 Å². The number of hydrogen-bond acceptors (Lipinski definition) is 3. The number of pyridine rings is 1. The van der Waals surface area contributed by atoms with E-state index >= 15 is 0 Å². The molecule has 1 aliphatic heterocycles. The zero-order valence-corrected chi connectivity index (χ0v) is 10.9. The Kier molecular flexibility index (Phi) is 4.51. The molecule has 1 saturated heterocycles. The van der Waals surface area contributed by atoms with Gasteiger partial charge in [-0.25, -0.2) is 0 Å². The van der Waals surface area contributed by atoms with Crippen molar-refractivity contribution in [2.75, 3.05) is 26.7 Å². The molecule has 1 aromatic rings. The van der Waals surface area contributed by atoms with Gasteiger partial charge in [0.15, 0.2) is 0 Å². The fourth-order valence-electron chi connectivity index (χ4n) is 2.48. The number of rotatable bonds is 4. The van der Waals surface area contributed by atoms with Gasteiger partial charge in [0.2, 0.25) is 0 Å². The van der Waals surface area contributed by atoms with E-state index in [0.717, 1.165) is 5.92 Å².